The van der Waals surface area contributed by atoms with Gasteiger partial charge in [0.15, 0.2) is 10.3 Å². The molecule has 1 atom stereocenters. The van der Waals surface area contributed by atoms with Crippen molar-refractivity contribution < 1.29 is 0 Å². The molecule has 3 nitrogen and oxygen atoms in total. The Kier molecular flexibility index (Phi) is 6.17. The van der Waals surface area contributed by atoms with Gasteiger partial charge in [-0.15, -0.1) is 0 Å². The van der Waals surface area contributed by atoms with Gasteiger partial charge < -0.3 is 5.32 Å². The number of aryl methyl sites for hydroxylation is 1. The Morgan fingerprint density at radius 3 is 2.75 bits per heavy atom. The van der Waals surface area contributed by atoms with Crippen LogP contribution in [0.2, 0.25) is 0 Å². The van der Waals surface area contributed by atoms with Crippen molar-refractivity contribution in [2.75, 3.05) is 5.75 Å². The Bertz CT molecular complexity index is 608. The highest BCUT2D eigenvalue weighted by molar-refractivity contribution is 8.14. The molecule has 130 valence electrons. The molecule has 1 saturated carbocycles. The van der Waals surface area contributed by atoms with Crippen LogP contribution < -0.4 is 5.32 Å². The van der Waals surface area contributed by atoms with Gasteiger partial charge in [0.2, 0.25) is 0 Å². The topological polar surface area (TPSA) is 27.6 Å². The van der Waals surface area contributed by atoms with Crippen LogP contribution in [0, 0.1) is 6.92 Å². The molecule has 0 radical (unpaired) electrons. The molecule has 2 fully saturated rings. The minimum Gasteiger partial charge on any atom is -0.359 e. The van der Waals surface area contributed by atoms with Gasteiger partial charge in [0.05, 0.1) is 5.69 Å². The molecule has 1 aliphatic heterocycles. The van der Waals surface area contributed by atoms with Gasteiger partial charge in [0, 0.05) is 17.8 Å². The van der Waals surface area contributed by atoms with Crippen molar-refractivity contribution >= 4 is 39.9 Å². The van der Waals surface area contributed by atoms with Crippen molar-refractivity contribution in [1.29, 1.82) is 0 Å². The van der Waals surface area contributed by atoms with E-state index < -0.39 is 0 Å². The molecular weight excluding hydrogens is 334 g/mol. The van der Waals surface area contributed by atoms with E-state index >= 15 is 0 Å². The molecule has 0 aromatic heterocycles. The summed E-state index contributed by atoms with van der Waals surface area (Å²) in [5.41, 5.74) is 2.25. The number of aliphatic imine (C=N–C) groups is 1. The van der Waals surface area contributed by atoms with Crippen LogP contribution in [0.5, 0.6) is 0 Å². The monoisotopic (exact) mass is 361 g/mol. The number of nitrogens with zero attached hydrogens (tertiary/aromatic N) is 2. The van der Waals surface area contributed by atoms with Crippen LogP contribution in [-0.4, -0.2) is 33.0 Å². The fourth-order valence-corrected chi connectivity index (χ4v) is 5.12. The standard InChI is InChI=1S/C19H27N3S2/c1-3-16-13-24-19(21-17-12-8-7-9-14(17)2)22(16)18(23)20-15-10-5-4-6-11-15/h7-9,12,15-16H,3-6,10-11,13H2,1-2H3,(H,20,23). The summed E-state index contributed by atoms with van der Waals surface area (Å²) in [4.78, 5) is 7.19. The second-order valence-electron chi connectivity index (χ2n) is 6.71. The summed E-state index contributed by atoms with van der Waals surface area (Å²) < 4.78 is 0. The average Bonchev–Trinajstić information content (AvgIpc) is 3.00. The molecule has 1 unspecified atom stereocenters. The van der Waals surface area contributed by atoms with E-state index in [0.29, 0.717) is 12.1 Å². The lowest BCUT2D eigenvalue weighted by molar-refractivity contribution is 0.393. The van der Waals surface area contributed by atoms with Crippen molar-refractivity contribution in [3.05, 3.63) is 29.8 Å². The van der Waals surface area contributed by atoms with E-state index in [1.54, 1.807) is 0 Å². The van der Waals surface area contributed by atoms with Crippen LogP contribution in [0.4, 0.5) is 5.69 Å². The van der Waals surface area contributed by atoms with Gasteiger partial charge >= 0.3 is 0 Å². The summed E-state index contributed by atoms with van der Waals surface area (Å²) in [6, 6.07) is 9.28. The van der Waals surface area contributed by atoms with E-state index in [4.69, 9.17) is 17.2 Å². The number of rotatable bonds is 3. The molecule has 5 heteroatoms. The quantitative estimate of drug-likeness (QED) is 0.765. The lowest BCUT2D eigenvalue weighted by Gasteiger charge is -2.31. The molecule has 3 rings (SSSR count). The minimum atomic E-state index is 0.446. The molecule has 0 spiro atoms. The predicted octanol–water partition coefficient (Wildman–Crippen LogP) is 5.02. The molecule has 1 heterocycles. The Labute approximate surface area is 155 Å². The van der Waals surface area contributed by atoms with Crippen LogP contribution >= 0.6 is 24.0 Å². The van der Waals surface area contributed by atoms with E-state index in [-0.39, 0.29) is 0 Å². The first-order chi connectivity index (χ1) is 11.7. The first-order valence-electron chi connectivity index (χ1n) is 9.06. The molecule has 0 bridgehead atoms. The average molecular weight is 362 g/mol. The van der Waals surface area contributed by atoms with Gasteiger partial charge in [-0.2, -0.15) is 0 Å². The summed E-state index contributed by atoms with van der Waals surface area (Å²) >= 11 is 7.61. The van der Waals surface area contributed by atoms with E-state index in [9.17, 15) is 0 Å². The third kappa shape index (κ3) is 4.12. The molecule has 1 aromatic carbocycles. The van der Waals surface area contributed by atoms with Crippen LogP contribution in [0.1, 0.15) is 51.0 Å². The van der Waals surface area contributed by atoms with E-state index in [2.05, 4.69) is 42.3 Å². The van der Waals surface area contributed by atoms with Crippen molar-refractivity contribution in [2.24, 2.45) is 4.99 Å². The minimum absolute atomic E-state index is 0.446. The summed E-state index contributed by atoms with van der Waals surface area (Å²) in [6.07, 6.45) is 7.56. The number of benzene rings is 1. The predicted molar refractivity (Wildman–Crippen MR) is 109 cm³/mol. The molecule has 1 aliphatic carbocycles. The summed E-state index contributed by atoms with van der Waals surface area (Å²) in [7, 11) is 0. The van der Waals surface area contributed by atoms with Crippen LogP contribution in [0.15, 0.2) is 29.3 Å². The number of thiocarbonyl (C=S) groups is 1. The molecule has 0 amide bonds. The fraction of sp³-hybridized carbons (Fsp3) is 0.579. The fourth-order valence-electron chi connectivity index (χ4n) is 3.39. The largest absolute Gasteiger partial charge is 0.359 e. The summed E-state index contributed by atoms with van der Waals surface area (Å²) in [5.74, 6) is 1.06. The smallest absolute Gasteiger partial charge is 0.175 e. The highest BCUT2D eigenvalue weighted by atomic mass is 32.2. The maximum Gasteiger partial charge on any atom is 0.175 e. The van der Waals surface area contributed by atoms with Crippen molar-refractivity contribution in [2.45, 2.75) is 64.5 Å². The Morgan fingerprint density at radius 2 is 2.04 bits per heavy atom. The molecule has 24 heavy (non-hydrogen) atoms. The van der Waals surface area contributed by atoms with E-state index in [1.807, 2.05) is 17.8 Å². The lowest BCUT2D eigenvalue weighted by Crippen LogP contribution is -2.49. The van der Waals surface area contributed by atoms with Gasteiger partial charge in [-0.3, -0.25) is 4.90 Å². The van der Waals surface area contributed by atoms with E-state index in [1.165, 1.54) is 37.7 Å². The summed E-state index contributed by atoms with van der Waals surface area (Å²) in [5, 5.41) is 5.53. The van der Waals surface area contributed by atoms with Gasteiger partial charge in [-0.1, -0.05) is 56.1 Å². The molecular formula is C19H27N3S2. The number of nitrogens with one attached hydrogen (secondary N) is 1. The number of hydrogen-bond donors (Lipinski definition) is 1. The highest BCUT2D eigenvalue weighted by Gasteiger charge is 2.33. The van der Waals surface area contributed by atoms with Gasteiger partial charge in [0.1, 0.15) is 0 Å². The Morgan fingerprint density at radius 1 is 1.29 bits per heavy atom. The zero-order valence-corrected chi connectivity index (χ0v) is 16.3. The van der Waals surface area contributed by atoms with Crippen molar-refractivity contribution in [3.8, 4) is 0 Å². The summed E-state index contributed by atoms with van der Waals surface area (Å²) in [6.45, 7) is 4.34. The maximum absolute atomic E-state index is 5.78. The van der Waals surface area contributed by atoms with Crippen LogP contribution in [-0.2, 0) is 0 Å². The number of hydrogen-bond acceptors (Lipinski definition) is 3. The number of para-hydroxylation sites is 1. The molecule has 2 aliphatic rings. The van der Waals surface area contributed by atoms with Crippen molar-refractivity contribution in [3.63, 3.8) is 0 Å². The lowest BCUT2D eigenvalue weighted by atomic mass is 9.96. The second kappa shape index (κ2) is 8.34. The SMILES string of the molecule is CCC1CSC(=Nc2ccccc2C)N1C(=S)NC1CCCCC1. The third-order valence-corrected chi connectivity index (χ3v) is 6.34. The van der Waals surface area contributed by atoms with Gasteiger partial charge in [-0.05, 0) is 50.0 Å². The van der Waals surface area contributed by atoms with Gasteiger partial charge in [-0.25, -0.2) is 4.99 Å². The first kappa shape index (κ1) is 17.7. The van der Waals surface area contributed by atoms with Crippen LogP contribution in [0.25, 0.3) is 0 Å². The zero-order valence-electron chi connectivity index (χ0n) is 14.6. The number of amidine groups is 1. The Hall–Kier alpha value is -1.07. The van der Waals surface area contributed by atoms with Crippen molar-refractivity contribution in [1.82, 2.24) is 10.2 Å². The normalized spacial score (nSPS) is 23.7. The van der Waals surface area contributed by atoms with E-state index in [0.717, 1.165) is 28.1 Å². The Balaban J connectivity index is 1.78. The number of thioether (sulfide) groups is 1. The first-order valence-corrected chi connectivity index (χ1v) is 10.4. The zero-order chi connectivity index (χ0) is 16.9. The van der Waals surface area contributed by atoms with Gasteiger partial charge in [0.25, 0.3) is 0 Å². The molecule has 1 N–H and O–H groups in total. The third-order valence-electron chi connectivity index (χ3n) is 4.93. The maximum atomic E-state index is 5.78. The molecule has 1 aromatic rings. The highest BCUT2D eigenvalue weighted by Crippen LogP contribution is 2.30. The molecule has 1 saturated heterocycles. The second-order valence-corrected chi connectivity index (χ2v) is 8.08. The van der Waals surface area contributed by atoms with Crippen LogP contribution in [0.3, 0.4) is 0 Å².